The van der Waals surface area contributed by atoms with Gasteiger partial charge in [0.05, 0.1) is 5.92 Å². The summed E-state index contributed by atoms with van der Waals surface area (Å²) in [5, 5.41) is 8.61. The summed E-state index contributed by atoms with van der Waals surface area (Å²) in [4.78, 5) is 10.5. The summed E-state index contributed by atoms with van der Waals surface area (Å²) in [6.07, 6.45) is 0. The molecule has 2 nitrogen and oxygen atoms in total. The molecule has 0 heterocycles. The van der Waals surface area contributed by atoms with Crippen LogP contribution in [0.25, 0.3) is 0 Å². The van der Waals surface area contributed by atoms with Crippen LogP contribution in [0.3, 0.4) is 0 Å². The van der Waals surface area contributed by atoms with Crippen LogP contribution in [0.1, 0.15) is 18.4 Å². The third-order valence-corrected chi connectivity index (χ3v) is 1.74. The van der Waals surface area contributed by atoms with Crippen molar-refractivity contribution in [1.29, 1.82) is 0 Å². The Labute approximate surface area is 81.8 Å². The van der Waals surface area contributed by atoms with Crippen LogP contribution in [0.2, 0.25) is 0 Å². The van der Waals surface area contributed by atoms with Crippen LogP contribution in [0.15, 0.2) is 24.3 Å². The maximum atomic E-state index is 12.4. The normalized spacial score (nSPS) is 11.5. The van der Waals surface area contributed by atoms with E-state index in [9.17, 15) is 9.18 Å². The lowest BCUT2D eigenvalue weighted by Crippen LogP contribution is -2.06. The molecule has 1 N–H and O–H groups in total. The Morgan fingerprint density at radius 3 is 2.23 bits per heavy atom. The van der Waals surface area contributed by atoms with Crippen molar-refractivity contribution in [3.63, 3.8) is 0 Å². The van der Waals surface area contributed by atoms with Crippen LogP contribution in [0, 0.1) is 5.82 Å². The van der Waals surface area contributed by atoms with Gasteiger partial charge in [-0.25, -0.2) is 4.39 Å². The van der Waals surface area contributed by atoms with Crippen molar-refractivity contribution >= 4 is 18.4 Å². The van der Waals surface area contributed by atoms with E-state index in [0.717, 1.165) is 0 Å². The highest BCUT2D eigenvalue weighted by atomic mass is 35.5. The second kappa shape index (κ2) is 4.82. The Kier molecular flexibility index (Phi) is 4.42. The number of carbonyl (C=O) groups is 1. The summed E-state index contributed by atoms with van der Waals surface area (Å²) >= 11 is 0. The predicted octanol–water partition coefficient (Wildman–Crippen LogP) is 2.44. The van der Waals surface area contributed by atoms with Crippen molar-refractivity contribution in [2.24, 2.45) is 0 Å². The summed E-state index contributed by atoms with van der Waals surface area (Å²) < 4.78 is 12.4. The molecule has 1 aromatic carbocycles. The van der Waals surface area contributed by atoms with Crippen LogP contribution < -0.4 is 0 Å². The van der Waals surface area contributed by atoms with Crippen molar-refractivity contribution < 1.29 is 14.3 Å². The number of carboxylic acid groups (broad SMARTS) is 1. The molecule has 1 atom stereocenters. The summed E-state index contributed by atoms with van der Waals surface area (Å²) in [6.45, 7) is 1.57. The Balaban J connectivity index is 0.00000144. The van der Waals surface area contributed by atoms with E-state index in [1.807, 2.05) is 0 Å². The zero-order chi connectivity index (χ0) is 9.14. The Morgan fingerprint density at radius 1 is 1.38 bits per heavy atom. The molecule has 0 saturated heterocycles. The fraction of sp³-hybridized carbons (Fsp3) is 0.222. The first-order valence-electron chi connectivity index (χ1n) is 3.59. The second-order valence-corrected chi connectivity index (χ2v) is 2.61. The van der Waals surface area contributed by atoms with Gasteiger partial charge >= 0.3 is 5.97 Å². The third kappa shape index (κ3) is 3.03. The Hall–Kier alpha value is -1.09. The molecule has 4 heteroatoms. The minimum absolute atomic E-state index is 0. The van der Waals surface area contributed by atoms with Crippen molar-refractivity contribution in [2.75, 3.05) is 0 Å². The molecule has 0 fully saturated rings. The summed E-state index contributed by atoms with van der Waals surface area (Å²) in [5.74, 6) is -1.83. The number of carboxylic acids is 1. The molecule has 0 amide bonds. The fourth-order valence-electron chi connectivity index (χ4n) is 0.894. The Bertz CT molecular complexity index is 284. The van der Waals surface area contributed by atoms with Gasteiger partial charge < -0.3 is 5.11 Å². The molecule has 0 aliphatic carbocycles. The summed E-state index contributed by atoms with van der Waals surface area (Å²) in [5.41, 5.74) is 0.615. The van der Waals surface area contributed by atoms with Crippen molar-refractivity contribution in [3.05, 3.63) is 35.6 Å². The molecule has 0 aliphatic rings. The van der Waals surface area contributed by atoms with E-state index in [1.165, 1.54) is 24.3 Å². The van der Waals surface area contributed by atoms with Crippen molar-refractivity contribution in [3.8, 4) is 0 Å². The van der Waals surface area contributed by atoms with Gasteiger partial charge in [0, 0.05) is 0 Å². The predicted molar refractivity (Wildman–Crippen MR) is 49.7 cm³/mol. The highest BCUT2D eigenvalue weighted by molar-refractivity contribution is 5.85. The van der Waals surface area contributed by atoms with E-state index < -0.39 is 11.9 Å². The lowest BCUT2D eigenvalue weighted by molar-refractivity contribution is -0.138. The molecule has 0 radical (unpaired) electrons. The van der Waals surface area contributed by atoms with E-state index in [4.69, 9.17) is 5.11 Å². The van der Waals surface area contributed by atoms with Crippen LogP contribution in [-0.4, -0.2) is 11.1 Å². The number of aliphatic carboxylic acids is 1. The zero-order valence-electron chi connectivity index (χ0n) is 7.03. The topological polar surface area (TPSA) is 37.3 Å². The lowest BCUT2D eigenvalue weighted by Gasteiger charge is -2.04. The SMILES string of the molecule is CC(C(=O)O)c1ccc(F)cc1.Cl. The van der Waals surface area contributed by atoms with Crippen LogP contribution in [-0.2, 0) is 4.79 Å². The number of hydrogen-bond acceptors (Lipinski definition) is 1. The van der Waals surface area contributed by atoms with Gasteiger partial charge in [0.1, 0.15) is 5.82 Å². The highest BCUT2D eigenvalue weighted by Gasteiger charge is 2.12. The van der Waals surface area contributed by atoms with E-state index >= 15 is 0 Å². The number of benzene rings is 1. The van der Waals surface area contributed by atoms with Gasteiger partial charge in [0.25, 0.3) is 0 Å². The van der Waals surface area contributed by atoms with Gasteiger partial charge in [-0.2, -0.15) is 0 Å². The summed E-state index contributed by atoms with van der Waals surface area (Å²) in [7, 11) is 0. The monoisotopic (exact) mass is 204 g/mol. The first-order valence-corrected chi connectivity index (χ1v) is 3.59. The lowest BCUT2D eigenvalue weighted by atomic mass is 10.0. The molecule has 13 heavy (non-hydrogen) atoms. The third-order valence-electron chi connectivity index (χ3n) is 1.74. The van der Waals surface area contributed by atoms with Gasteiger partial charge in [-0.15, -0.1) is 12.4 Å². The maximum Gasteiger partial charge on any atom is 0.310 e. The zero-order valence-corrected chi connectivity index (χ0v) is 7.84. The van der Waals surface area contributed by atoms with Gasteiger partial charge in [0.15, 0.2) is 0 Å². The smallest absolute Gasteiger partial charge is 0.310 e. The highest BCUT2D eigenvalue weighted by Crippen LogP contribution is 2.15. The molecule has 0 aromatic heterocycles. The molecule has 0 bridgehead atoms. The standard InChI is InChI=1S/C9H9FO2.ClH/c1-6(9(11)12)7-2-4-8(10)5-3-7;/h2-6H,1H3,(H,11,12);1H. The minimum atomic E-state index is -0.901. The van der Waals surface area contributed by atoms with Crippen molar-refractivity contribution in [2.45, 2.75) is 12.8 Å². The molecule has 0 aliphatic heterocycles. The molecule has 72 valence electrons. The first-order chi connectivity index (χ1) is 5.61. The molecule has 0 spiro atoms. The van der Waals surface area contributed by atoms with Gasteiger partial charge in [0.2, 0.25) is 0 Å². The molecular formula is C9H10ClFO2. The van der Waals surface area contributed by atoms with E-state index in [1.54, 1.807) is 6.92 Å². The van der Waals surface area contributed by atoms with E-state index in [-0.39, 0.29) is 18.2 Å². The largest absolute Gasteiger partial charge is 0.481 e. The quantitative estimate of drug-likeness (QED) is 0.804. The maximum absolute atomic E-state index is 12.4. The van der Waals surface area contributed by atoms with Gasteiger partial charge in [-0.05, 0) is 24.6 Å². The molecule has 0 saturated carbocycles. The van der Waals surface area contributed by atoms with Crippen LogP contribution in [0.4, 0.5) is 4.39 Å². The van der Waals surface area contributed by atoms with Crippen molar-refractivity contribution in [1.82, 2.24) is 0 Å². The van der Waals surface area contributed by atoms with Crippen LogP contribution >= 0.6 is 12.4 Å². The first kappa shape index (κ1) is 11.9. The van der Waals surface area contributed by atoms with E-state index in [0.29, 0.717) is 5.56 Å². The average Bonchev–Trinajstić information content (AvgIpc) is 2.04. The minimum Gasteiger partial charge on any atom is -0.481 e. The molecule has 1 unspecified atom stereocenters. The molecule has 1 rings (SSSR count). The van der Waals surface area contributed by atoms with E-state index in [2.05, 4.69) is 0 Å². The summed E-state index contributed by atoms with van der Waals surface area (Å²) in [6, 6.07) is 5.48. The molecular weight excluding hydrogens is 195 g/mol. The van der Waals surface area contributed by atoms with Gasteiger partial charge in [-0.3, -0.25) is 4.79 Å². The number of rotatable bonds is 2. The fourth-order valence-corrected chi connectivity index (χ4v) is 0.894. The number of hydrogen-bond donors (Lipinski definition) is 1. The van der Waals surface area contributed by atoms with Gasteiger partial charge in [-0.1, -0.05) is 12.1 Å². The average molecular weight is 205 g/mol. The van der Waals surface area contributed by atoms with Crippen LogP contribution in [0.5, 0.6) is 0 Å². The number of halogens is 2. The molecule has 1 aromatic rings. The Morgan fingerprint density at radius 2 is 1.85 bits per heavy atom. The second-order valence-electron chi connectivity index (χ2n) is 2.61.